The number of nitrogens with zero attached hydrogens (tertiary/aromatic N) is 2. The lowest BCUT2D eigenvalue weighted by molar-refractivity contribution is 0.0961. The SMILES string of the molecule is CNC(=O)c1cc(C(=N)NCCC(C)N(C)C)cn(Cc2ccccc2)c1=O. The fourth-order valence-corrected chi connectivity index (χ4v) is 2.73. The Kier molecular flexibility index (Phi) is 7.52. The van der Waals surface area contributed by atoms with Crippen molar-refractivity contribution in [2.45, 2.75) is 25.9 Å². The molecule has 1 heterocycles. The second-order valence-corrected chi connectivity index (χ2v) is 7.04. The Balaban J connectivity index is 2.28. The van der Waals surface area contributed by atoms with E-state index in [1.54, 1.807) is 6.20 Å². The van der Waals surface area contributed by atoms with Gasteiger partial charge in [-0.25, -0.2) is 0 Å². The minimum absolute atomic E-state index is 0.0316. The minimum atomic E-state index is -0.456. The highest BCUT2D eigenvalue weighted by Gasteiger charge is 2.15. The van der Waals surface area contributed by atoms with E-state index in [2.05, 4.69) is 22.5 Å². The van der Waals surface area contributed by atoms with Gasteiger partial charge < -0.3 is 20.1 Å². The second kappa shape index (κ2) is 9.85. The van der Waals surface area contributed by atoms with E-state index in [9.17, 15) is 9.59 Å². The summed E-state index contributed by atoms with van der Waals surface area (Å²) in [5.74, 6) is -0.263. The van der Waals surface area contributed by atoms with Crippen molar-refractivity contribution in [1.82, 2.24) is 20.1 Å². The minimum Gasteiger partial charge on any atom is -0.370 e. The van der Waals surface area contributed by atoms with E-state index in [-0.39, 0.29) is 17.0 Å². The molecule has 0 fully saturated rings. The highest BCUT2D eigenvalue weighted by atomic mass is 16.2. The summed E-state index contributed by atoms with van der Waals surface area (Å²) < 4.78 is 1.48. The van der Waals surface area contributed by atoms with Gasteiger partial charge in [-0.3, -0.25) is 15.0 Å². The Morgan fingerprint density at radius 2 is 1.93 bits per heavy atom. The van der Waals surface area contributed by atoms with Crippen LogP contribution in [0.25, 0.3) is 0 Å². The number of rotatable bonds is 8. The molecule has 1 aromatic heterocycles. The number of pyridine rings is 1. The molecule has 1 unspecified atom stereocenters. The molecule has 7 heteroatoms. The Morgan fingerprint density at radius 3 is 2.54 bits per heavy atom. The van der Waals surface area contributed by atoms with Crippen LogP contribution in [0, 0.1) is 5.41 Å². The quantitative estimate of drug-likeness (QED) is 0.476. The number of hydrogen-bond acceptors (Lipinski definition) is 4. The maximum absolute atomic E-state index is 12.7. The molecule has 28 heavy (non-hydrogen) atoms. The van der Waals surface area contributed by atoms with Crippen molar-refractivity contribution in [1.29, 1.82) is 5.41 Å². The van der Waals surface area contributed by atoms with Gasteiger partial charge in [-0.15, -0.1) is 0 Å². The largest absolute Gasteiger partial charge is 0.370 e. The fourth-order valence-electron chi connectivity index (χ4n) is 2.73. The summed E-state index contributed by atoms with van der Waals surface area (Å²) in [5, 5.41) is 13.9. The predicted molar refractivity (Wildman–Crippen MR) is 112 cm³/mol. The molecule has 0 aliphatic heterocycles. The van der Waals surface area contributed by atoms with Gasteiger partial charge in [0.1, 0.15) is 11.4 Å². The molecule has 0 radical (unpaired) electrons. The number of carbonyl (C=O) groups is 1. The van der Waals surface area contributed by atoms with Gasteiger partial charge in [-0.05, 0) is 39.1 Å². The Hall–Kier alpha value is -2.93. The average Bonchev–Trinajstić information content (AvgIpc) is 2.69. The maximum Gasteiger partial charge on any atom is 0.263 e. The van der Waals surface area contributed by atoms with Crippen molar-refractivity contribution in [3.8, 4) is 0 Å². The third kappa shape index (κ3) is 5.53. The second-order valence-electron chi connectivity index (χ2n) is 7.04. The molecule has 7 nitrogen and oxygen atoms in total. The van der Waals surface area contributed by atoms with Gasteiger partial charge in [0, 0.05) is 31.4 Å². The summed E-state index contributed by atoms with van der Waals surface area (Å²) in [6.45, 7) is 3.09. The zero-order valence-corrected chi connectivity index (χ0v) is 17.0. The number of nitrogens with one attached hydrogen (secondary N) is 3. The molecular formula is C21H29N5O2. The maximum atomic E-state index is 12.7. The Labute approximate surface area is 165 Å². The molecule has 2 rings (SSSR count). The molecule has 150 valence electrons. The van der Waals surface area contributed by atoms with Gasteiger partial charge in [0.15, 0.2) is 0 Å². The van der Waals surface area contributed by atoms with Gasteiger partial charge in [0.25, 0.3) is 11.5 Å². The van der Waals surface area contributed by atoms with E-state index >= 15 is 0 Å². The molecule has 1 aromatic carbocycles. The van der Waals surface area contributed by atoms with Crippen molar-refractivity contribution in [2.24, 2.45) is 0 Å². The van der Waals surface area contributed by atoms with Crippen LogP contribution in [0.15, 0.2) is 47.4 Å². The molecule has 0 saturated carbocycles. The van der Waals surface area contributed by atoms with Crippen molar-refractivity contribution >= 4 is 11.7 Å². The number of amidine groups is 1. The van der Waals surface area contributed by atoms with Crippen LogP contribution in [0.2, 0.25) is 0 Å². The summed E-state index contributed by atoms with van der Waals surface area (Å²) in [6, 6.07) is 11.4. The lowest BCUT2D eigenvalue weighted by Crippen LogP contribution is -2.35. The van der Waals surface area contributed by atoms with Crippen molar-refractivity contribution in [3.05, 3.63) is 69.6 Å². The van der Waals surface area contributed by atoms with E-state index in [0.717, 1.165) is 12.0 Å². The first-order valence-electron chi connectivity index (χ1n) is 9.33. The van der Waals surface area contributed by atoms with E-state index in [1.165, 1.54) is 17.7 Å². The van der Waals surface area contributed by atoms with Gasteiger partial charge in [-0.2, -0.15) is 0 Å². The van der Waals surface area contributed by atoms with Crippen molar-refractivity contribution < 1.29 is 4.79 Å². The predicted octanol–water partition coefficient (Wildman–Crippen LogP) is 1.51. The van der Waals surface area contributed by atoms with Gasteiger partial charge >= 0.3 is 0 Å². The number of amides is 1. The Morgan fingerprint density at radius 1 is 1.25 bits per heavy atom. The molecule has 1 atom stereocenters. The van der Waals surface area contributed by atoms with Gasteiger partial charge in [0.2, 0.25) is 0 Å². The lowest BCUT2D eigenvalue weighted by atomic mass is 10.1. The van der Waals surface area contributed by atoms with Crippen LogP contribution in [0.3, 0.4) is 0 Å². The Bertz CT molecular complexity index is 874. The zero-order valence-electron chi connectivity index (χ0n) is 17.0. The summed E-state index contributed by atoms with van der Waals surface area (Å²) in [5.41, 5.74) is 1.11. The van der Waals surface area contributed by atoms with Crippen LogP contribution < -0.4 is 16.2 Å². The molecule has 2 aromatic rings. The monoisotopic (exact) mass is 383 g/mol. The zero-order chi connectivity index (χ0) is 20.7. The molecular weight excluding hydrogens is 354 g/mol. The number of carbonyl (C=O) groups excluding carboxylic acids is 1. The summed E-state index contributed by atoms with van der Waals surface area (Å²) >= 11 is 0. The third-order valence-corrected chi connectivity index (χ3v) is 4.79. The lowest BCUT2D eigenvalue weighted by Gasteiger charge is -2.20. The van der Waals surface area contributed by atoms with Gasteiger partial charge in [-0.1, -0.05) is 30.3 Å². The van der Waals surface area contributed by atoms with Crippen molar-refractivity contribution in [3.63, 3.8) is 0 Å². The summed E-state index contributed by atoms with van der Waals surface area (Å²) in [4.78, 5) is 27.0. The normalized spacial score (nSPS) is 11.9. The highest BCUT2D eigenvalue weighted by Crippen LogP contribution is 2.06. The van der Waals surface area contributed by atoms with Crippen molar-refractivity contribution in [2.75, 3.05) is 27.7 Å². The first-order valence-corrected chi connectivity index (χ1v) is 9.33. The smallest absolute Gasteiger partial charge is 0.263 e. The van der Waals surface area contributed by atoms with Crippen LogP contribution in [0.4, 0.5) is 0 Å². The van der Waals surface area contributed by atoms with Crippen LogP contribution in [0.1, 0.15) is 34.8 Å². The number of aromatic nitrogens is 1. The van der Waals surface area contributed by atoms with Crippen LogP contribution in [-0.2, 0) is 6.54 Å². The molecule has 1 amide bonds. The molecule has 0 aliphatic carbocycles. The summed E-state index contributed by atoms with van der Waals surface area (Å²) in [6.07, 6.45) is 2.51. The first kappa shape index (κ1) is 21.4. The highest BCUT2D eigenvalue weighted by molar-refractivity contribution is 6.00. The van der Waals surface area contributed by atoms with Gasteiger partial charge in [0.05, 0.1) is 6.54 Å². The van der Waals surface area contributed by atoms with Crippen LogP contribution in [0.5, 0.6) is 0 Å². The molecule has 0 spiro atoms. The first-order chi connectivity index (χ1) is 13.3. The van der Waals surface area contributed by atoms with Crippen LogP contribution >= 0.6 is 0 Å². The molecule has 3 N–H and O–H groups in total. The molecule has 0 aliphatic rings. The van der Waals surface area contributed by atoms with E-state index in [0.29, 0.717) is 24.7 Å². The van der Waals surface area contributed by atoms with E-state index in [4.69, 9.17) is 5.41 Å². The topological polar surface area (TPSA) is 90.2 Å². The van der Waals surface area contributed by atoms with Crippen LogP contribution in [-0.4, -0.2) is 54.9 Å². The summed E-state index contributed by atoms with van der Waals surface area (Å²) in [7, 11) is 5.53. The fraction of sp³-hybridized carbons (Fsp3) is 0.381. The van der Waals surface area contributed by atoms with E-state index < -0.39 is 5.91 Å². The average molecular weight is 383 g/mol. The molecule has 0 bridgehead atoms. The number of hydrogen-bond donors (Lipinski definition) is 3. The molecule has 0 saturated heterocycles. The standard InChI is InChI=1S/C21H29N5O2/c1-15(25(3)4)10-11-24-19(22)17-12-18(20(27)23-2)21(28)26(14-17)13-16-8-6-5-7-9-16/h5-9,12,14-15H,10-11,13H2,1-4H3,(H2,22,24)(H,23,27). The van der Waals surface area contributed by atoms with E-state index in [1.807, 2.05) is 44.4 Å². The number of benzene rings is 1. The third-order valence-electron chi connectivity index (χ3n) is 4.79.